The summed E-state index contributed by atoms with van der Waals surface area (Å²) in [5.74, 6) is 1.71. The maximum Gasteiger partial charge on any atom is 0.338 e. The number of likely N-dealkylation sites (N-methyl/N-ethyl adjacent to an activating group) is 1. The van der Waals surface area contributed by atoms with Gasteiger partial charge in [0.05, 0.1) is 12.7 Å². The van der Waals surface area contributed by atoms with Crippen LogP contribution >= 0.6 is 11.8 Å². The minimum atomic E-state index is -0.627. The van der Waals surface area contributed by atoms with E-state index < -0.39 is 12.0 Å². The highest BCUT2D eigenvalue weighted by Gasteiger charge is 2.36. The van der Waals surface area contributed by atoms with Gasteiger partial charge < -0.3 is 24.4 Å². The average molecular weight is 580 g/mol. The number of nitrogens with zero attached hydrogens (tertiary/aromatic N) is 4. The third-order valence-corrected chi connectivity index (χ3v) is 7.72. The Labute approximate surface area is 245 Å². The predicted octanol–water partition coefficient (Wildman–Crippen LogP) is 5.07. The molecule has 1 unspecified atom stereocenters. The molecule has 218 valence electrons. The number of allylic oxidation sites excluding steroid dienone is 1. The van der Waals surface area contributed by atoms with Crippen LogP contribution in [0.2, 0.25) is 0 Å². The number of anilines is 1. The van der Waals surface area contributed by atoms with E-state index in [1.54, 1.807) is 33.5 Å². The van der Waals surface area contributed by atoms with Gasteiger partial charge in [0, 0.05) is 24.5 Å². The van der Waals surface area contributed by atoms with Gasteiger partial charge in [-0.25, -0.2) is 9.48 Å². The zero-order valence-electron chi connectivity index (χ0n) is 24.2. The van der Waals surface area contributed by atoms with Gasteiger partial charge in [0.15, 0.2) is 18.1 Å². The lowest BCUT2D eigenvalue weighted by Crippen LogP contribution is -2.34. The summed E-state index contributed by atoms with van der Waals surface area (Å²) < 4.78 is 19.0. The van der Waals surface area contributed by atoms with Gasteiger partial charge in [0.25, 0.3) is 5.91 Å². The number of benzene rings is 2. The van der Waals surface area contributed by atoms with Crippen molar-refractivity contribution in [2.75, 3.05) is 37.9 Å². The number of methoxy groups -OCH3 is 1. The molecule has 1 N–H and O–H groups in total. The molecule has 1 aliphatic rings. The number of amides is 1. The number of carbonyl (C=O) groups is 2. The highest BCUT2D eigenvalue weighted by atomic mass is 32.2. The first-order chi connectivity index (χ1) is 19.9. The highest BCUT2D eigenvalue weighted by molar-refractivity contribution is 7.99. The number of nitrogens with one attached hydrogen (secondary N) is 1. The molecule has 2 aromatic carbocycles. The summed E-state index contributed by atoms with van der Waals surface area (Å²) in [5, 5.41) is 8.60. The Hall–Kier alpha value is -3.99. The summed E-state index contributed by atoms with van der Waals surface area (Å²) in [5.41, 5.74) is 2.67. The molecule has 1 atom stereocenters. The van der Waals surface area contributed by atoms with E-state index in [-0.39, 0.29) is 19.1 Å². The fourth-order valence-electron chi connectivity index (χ4n) is 4.54. The van der Waals surface area contributed by atoms with Gasteiger partial charge in [-0.3, -0.25) is 4.79 Å². The number of hydrogen-bond donors (Lipinski definition) is 1. The Kier molecular flexibility index (Phi) is 10.3. The molecule has 0 saturated carbocycles. The second-order valence-corrected chi connectivity index (χ2v) is 10.5. The first-order valence-electron chi connectivity index (χ1n) is 13.8. The van der Waals surface area contributed by atoms with Crippen LogP contribution in [0.4, 0.5) is 5.95 Å². The van der Waals surface area contributed by atoms with Gasteiger partial charge in [-0.2, -0.15) is 4.98 Å². The van der Waals surface area contributed by atoms with Crippen LogP contribution in [0.5, 0.6) is 11.5 Å². The highest BCUT2D eigenvalue weighted by Crippen LogP contribution is 2.40. The van der Waals surface area contributed by atoms with Crippen molar-refractivity contribution in [3.05, 3.63) is 70.9 Å². The minimum Gasteiger partial charge on any atom is -0.493 e. The number of ether oxygens (including phenoxy) is 3. The molecule has 11 heteroatoms. The van der Waals surface area contributed by atoms with Crippen LogP contribution in [0, 0.1) is 0 Å². The van der Waals surface area contributed by atoms with Crippen molar-refractivity contribution in [1.82, 2.24) is 19.7 Å². The van der Waals surface area contributed by atoms with Crippen molar-refractivity contribution in [3.63, 3.8) is 0 Å². The van der Waals surface area contributed by atoms with Crippen molar-refractivity contribution in [3.8, 4) is 11.5 Å². The second-order valence-electron chi connectivity index (χ2n) is 9.40. The fraction of sp³-hybridized carbons (Fsp3) is 0.400. The Morgan fingerprint density at radius 3 is 2.51 bits per heavy atom. The number of thioether (sulfide) groups is 1. The largest absolute Gasteiger partial charge is 0.493 e. The van der Waals surface area contributed by atoms with E-state index in [4.69, 9.17) is 19.3 Å². The number of rotatable bonds is 13. The first kappa shape index (κ1) is 30.0. The van der Waals surface area contributed by atoms with E-state index in [0.717, 1.165) is 23.3 Å². The number of aromatic nitrogens is 3. The van der Waals surface area contributed by atoms with Crippen LogP contribution in [-0.4, -0.2) is 64.1 Å². The summed E-state index contributed by atoms with van der Waals surface area (Å²) in [7, 11) is 1.54. The molecule has 0 radical (unpaired) electrons. The molecule has 1 aromatic heterocycles. The molecule has 1 amide bonds. The molecule has 10 nitrogen and oxygen atoms in total. The van der Waals surface area contributed by atoms with Gasteiger partial charge in [-0.05, 0) is 50.5 Å². The number of esters is 1. The molecule has 0 fully saturated rings. The Morgan fingerprint density at radius 1 is 1.07 bits per heavy atom. The molecule has 41 heavy (non-hydrogen) atoms. The molecular formula is C30H37N5O5S. The topological polar surface area (TPSA) is 108 Å². The quantitative estimate of drug-likeness (QED) is 0.219. The van der Waals surface area contributed by atoms with Crippen LogP contribution < -0.4 is 14.8 Å². The van der Waals surface area contributed by atoms with Crippen molar-refractivity contribution >= 4 is 29.6 Å². The fourth-order valence-corrected chi connectivity index (χ4v) is 5.22. The number of hydrogen-bond acceptors (Lipinski definition) is 9. The van der Waals surface area contributed by atoms with E-state index in [2.05, 4.69) is 17.2 Å². The first-order valence-corrected chi connectivity index (χ1v) is 14.7. The molecule has 4 rings (SSSR count). The van der Waals surface area contributed by atoms with E-state index in [1.807, 2.05) is 57.2 Å². The van der Waals surface area contributed by atoms with E-state index in [0.29, 0.717) is 47.0 Å². The lowest BCUT2D eigenvalue weighted by molar-refractivity contribution is -0.141. The second kappa shape index (κ2) is 14.1. The van der Waals surface area contributed by atoms with Crippen LogP contribution in [0.15, 0.2) is 65.0 Å². The molecule has 0 aliphatic carbocycles. The molecule has 2 heterocycles. The van der Waals surface area contributed by atoms with Crippen molar-refractivity contribution < 1.29 is 23.8 Å². The summed E-state index contributed by atoms with van der Waals surface area (Å²) in [6.45, 7) is 9.04. The van der Waals surface area contributed by atoms with Gasteiger partial charge in [-0.1, -0.05) is 55.1 Å². The Morgan fingerprint density at radius 2 is 1.83 bits per heavy atom. The molecule has 1 aliphatic heterocycles. The lowest BCUT2D eigenvalue weighted by atomic mass is 9.95. The molecule has 0 bridgehead atoms. The summed E-state index contributed by atoms with van der Waals surface area (Å²) >= 11 is 1.56. The zero-order valence-corrected chi connectivity index (χ0v) is 25.0. The van der Waals surface area contributed by atoms with Crippen LogP contribution in [0.3, 0.4) is 0 Å². The molecule has 0 spiro atoms. The van der Waals surface area contributed by atoms with Crippen molar-refractivity contribution in [2.45, 2.75) is 51.9 Å². The maximum absolute atomic E-state index is 13.6. The minimum absolute atomic E-state index is 0.105. The van der Waals surface area contributed by atoms with Crippen molar-refractivity contribution in [1.29, 1.82) is 0 Å². The number of fused-ring (bicyclic) bond motifs is 1. The van der Waals surface area contributed by atoms with Crippen LogP contribution in [0.1, 0.15) is 51.3 Å². The van der Waals surface area contributed by atoms with E-state index in [1.165, 1.54) is 7.11 Å². The third-order valence-electron chi connectivity index (χ3n) is 6.67. The van der Waals surface area contributed by atoms with E-state index >= 15 is 0 Å². The standard InChI is InChI=1S/C30H37N5O5S/c1-6-16-41-30-32-29-31-20(4)26(28(37)40-18-21-12-10-9-11-13-21)27(35(29)33-30)22-14-15-23(24(17-22)38-5)39-19-25(36)34(7-2)8-3/h9-15,17,27H,6-8,16,18-19H2,1-5H3,(H,31,32,33). The SMILES string of the molecule is CCCSc1nc2n(n1)C(c1ccc(OCC(=O)N(CC)CC)c(OC)c1)C(C(=O)OCc1ccccc1)=C(C)N2. The Balaban J connectivity index is 1.67. The van der Waals surface area contributed by atoms with Crippen molar-refractivity contribution in [2.24, 2.45) is 0 Å². The lowest BCUT2D eigenvalue weighted by Gasteiger charge is -2.28. The maximum atomic E-state index is 13.6. The normalized spacial score (nSPS) is 14.2. The van der Waals surface area contributed by atoms with Gasteiger partial charge in [0.2, 0.25) is 11.1 Å². The summed E-state index contributed by atoms with van der Waals surface area (Å²) in [6, 6.07) is 14.3. The number of carbonyl (C=O) groups excluding carboxylic acids is 2. The average Bonchev–Trinajstić information content (AvgIpc) is 3.40. The monoisotopic (exact) mass is 579 g/mol. The van der Waals surface area contributed by atoms with Gasteiger partial charge in [0.1, 0.15) is 12.6 Å². The smallest absolute Gasteiger partial charge is 0.338 e. The summed E-state index contributed by atoms with van der Waals surface area (Å²) in [6.07, 6.45) is 0.981. The third kappa shape index (κ3) is 7.02. The zero-order chi connectivity index (χ0) is 29.4. The van der Waals surface area contributed by atoms with E-state index in [9.17, 15) is 9.59 Å². The van der Waals surface area contributed by atoms with Crippen LogP contribution in [-0.2, 0) is 20.9 Å². The summed E-state index contributed by atoms with van der Waals surface area (Å²) in [4.78, 5) is 32.5. The van der Waals surface area contributed by atoms with Gasteiger partial charge >= 0.3 is 5.97 Å². The molecular weight excluding hydrogens is 542 g/mol. The van der Waals surface area contributed by atoms with Crippen LogP contribution in [0.25, 0.3) is 0 Å². The predicted molar refractivity (Wildman–Crippen MR) is 158 cm³/mol. The Bertz CT molecular complexity index is 1390. The molecule has 0 saturated heterocycles. The molecule has 3 aromatic rings. The van der Waals surface area contributed by atoms with Gasteiger partial charge in [-0.15, -0.1) is 5.10 Å².